The van der Waals surface area contributed by atoms with Crippen molar-refractivity contribution in [2.45, 2.75) is 24.8 Å². The van der Waals surface area contributed by atoms with Crippen molar-refractivity contribution in [2.75, 3.05) is 7.11 Å². The zero-order valence-corrected chi connectivity index (χ0v) is 14.9. The molecular weight excluding hydrogens is 404 g/mol. The van der Waals surface area contributed by atoms with Crippen LogP contribution in [0.3, 0.4) is 0 Å². The maximum atomic E-state index is 13.2. The zero-order chi connectivity index (χ0) is 21.8. The molecule has 0 saturated heterocycles. The third-order valence-corrected chi connectivity index (χ3v) is 3.99. The van der Waals surface area contributed by atoms with E-state index >= 15 is 0 Å². The fraction of sp³-hybridized carbons (Fsp3) is 0.263. The number of hydrogen-bond donors (Lipinski definition) is 1. The lowest BCUT2D eigenvalue weighted by molar-refractivity contribution is -0.144. The number of carbonyl (C=O) groups excluding carboxylic acids is 2. The van der Waals surface area contributed by atoms with E-state index in [9.17, 15) is 35.9 Å². The van der Waals surface area contributed by atoms with Gasteiger partial charge in [-0.05, 0) is 29.8 Å². The summed E-state index contributed by atoms with van der Waals surface area (Å²) in [5.74, 6) is -2.10. The fourth-order valence-corrected chi connectivity index (χ4v) is 2.61. The Bertz CT molecular complexity index is 892. The van der Waals surface area contributed by atoms with Crippen LogP contribution in [0.25, 0.3) is 0 Å². The molecule has 29 heavy (non-hydrogen) atoms. The number of benzene rings is 2. The number of nitrogens with one attached hydrogen (secondary N) is 1. The molecule has 1 N–H and O–H groups in total. The van der Waals surface area contributed by atoms with E-state index in [0.717, 1.165) is 37.4 Å². The van der Waals surface area contributed by atoms with Crippen molar-refractivity contribution in [1.82, 2.24) is 5.32 Å². The van der Waals surface area contributed by atoms with Gasteiger partial charge in [0.15, 0.2) is 0 Å². The number of amides is 1. The summed E-state index contributed by atoms with van der Waals surface area (Å²) in [6.07, 6.45) is -9.95. The number of rotatable bonds is 5. The molecule has 0 aromatic heterocycles. The average Bonchev–Trinajstić information content (AvgIpc) is 2.65. The van der Waals surface area contributed by atoms with Crippen LogP contribution in [0.15, 0.2) is 48.5 Å². The Morgan fingerprint density at radius 3 is 2.21 bits per heavy atom. The highest BCUT2D eigenvalue weighted by atomic mass is 19.4. The highest BCUT2D eigenvalue weighted by molar-refractivity contribution is 5.97. The number of carbonyl (C=O) groups is 2. The Hall–Kier alpha value is -3.04. The molecule has 0 heterocycles. The van der Waals surface area contributed by atoms with Gasteiger partial charge in [-0.3, -0.25) is 4.79 Å². The maximum Gasteiger partial charge on any atom is 0.416 e. The Balaban J connectivity index is 2.30. The van der Waals surface area contributed by atoms with Crippen LogP contribution < -0.4 is 5.32 Å². The minimum Gasteiger partial charge on any atom is -0.467 e. The molecule has 0 radical (unpaired) electrons. The number of alkyl halides is 6. The van der Waals surface area contributed by atoms with E-state index in [1.165, 1.54) is 12.1 Å². The summed E-state index contributed by atoms with van der Waals surface area (Å²) in [4.78, 5) is 24.3. The summed E-state index contributed by atoms with van der Waals surface area (Å²) in [5, 5.41) is 2.14. The van der Waals surface area contributed by atoms with Gasteiger partial charge in [0.25, 0.3) is 5.91 Å². The fourth-order valence-electron chi connectivity index (χ4n) is 2.61. The number of methoxy groups -OCH3 is 1. The molecule has 1 atom stereocenters. The van der Waals surface area contributed by atoms with Gasteiger partial charge in [0.2, 0.25) is 0 Å². The number of esters is 1. The third-order valence-electron chi connectivity index (χ3n) is 3.99. The van der Waals surface area contributed by atoms with Gasteiger partial charge in [0.05, 0.1) is 18.2 Å². The third kappa shape index (κ3) is 5.72. The Kier molecular flexibility index (Phi) is 6.55. The van der Waals surface area contributed by atoms with Crippen molar-refractivity contribution >= 4 is 11.9 Å². The van der Waals surface area contributed by atoms with Crippen molar-refractivity contribution in [3.8, 4) is 0 Å². The van der Waals surface area contributed by atoms with Gasteiger partial charge in [-0.1, -0.05) is 24.3 Å². The lowest BCUT2D eigenvalue weighted by Gasteiger charge is -2.19. The molecule has 0 unspecified atom stereocenters. The first-order valence-electron chi connectivity index (χ1n) is 8.14. The summed E-state index contributed by atoms with van der Waals surface area (Å²) in [6.45, 7) is 0. The minimum atomic E-state index is -4.69. The summed E-state index contributed by atoms with van der Waals surface area (Å²) < 4.78 is 82.4. The van der Waals surface area contributed by atoms with Gasteiger partial charge >= 0.3 is 18.3 Å². The number of halogens is 6. The Morgan fingerprint density at radius 1 is 0.966 bits per heavy atom. The van der Waals surface area contributed by atoms with E-state index in [-0.39, 0.29) is 5.56 Å². The van der Waals surface area contributed by atoms with Gasteiger partial charge in [-0.15, -0.1) is 0 Å². The summed E-state index contributed by atoms with van der Waals surface area (Å²) in [6, 6.07) is 6.33. The molecule has 0 aliphatic rings. The lowest BCUT2D eigenvalue weighted by atomic mass is 9.99. The SMILES string of the molecule is COC(=O)[C@H](Cc1ccccc1C(F)(F)F)NC(=O)c1cccc(C(F)(F)F)c1. The highest BCUT2D eigenvalue weighted by Crippen LogP contribution is 2.32. The van der Waals surface area contributed by atoms with Gasteiger partial charge in [-0.2, -0.15) is 26.3 Å². The molecule has 0 fully saturated rings. The number of hydrogen-bond acceptors (Lipinski definition) is 3. The lowest BCUT2D eigenvalue weighted by Crippen LogP contribution is -2.43. The molecule has 0 aliphatic heterocycles. The molecule has 2 aromatic rings. The quantitative estimate of drug-likeness (QED) is 0.583. The summed E-state index contributed by atoms with van der Waals surface area (Å²) in [7, 11) is 0.974. The van der Waals surface area contributed by atoms with Crippen molar-refractivity contribution in [2.24, 2.45) is 0 Å². The van der Waals surface area contributed by atoms with E-state index in [2.05, 4.69) is 10.1 Å². The van der Waals surface area contributed by atoms with Gasteiger partial charge in [-0.25, -0.2) is 4.79 Å². The van der Waals surface area contributed by atoms with Crippen molar-refractivity contribution in [3.05, 3.63) is 70.8 Å². The minimum absolute atomic E-state index is 0.278. The molecule has 2 aromatic carbocycles. The molecule has 156 valence electrons. The molecule has 0 bridgehead atoms. The number of ether oxygens (including phenoxy) is 1. The Morgan fingerprint density at radius 2 is 1.62 bits per heavy atom. The first kappa shape index (κ1) is 22.3. The smallest absolute Gasteiger partial charge is 0.416 e. The van der Waals surface area contributed by atoms with Crippen molar-refractivity contribution in [1.29, 1.82) is 0 Å². The van der Waals surface area contributed by atoms with Crippen LogP contribution in [-0.2, 0) is 28.3 Å². The van der Waals surface area contributed by atoms with Gasteiger partial charge < -0.3 is 10.1 Å². The molecule has 4 nitrogen and oxygen atoms in total. The van der Waals surface area contributed by atoms with E-state index < -0.39 is 53.4 Å². The first-order chi connectivity index (χ1) is 13.4. The summed E-state index contributed by atoms with van der Waals surface area (Å²) >= 11 is 0. The molecular formula is C19H15F6NO3. The van der Waals surface area contributed by atoms with Crippen LogP contribution in [0.2, 0.25) is 0 Å². The standard InChI is InChI=1S/C19H15F6NO3/c1-29-17(28)15(10-11-5-2-3-8-14(11)19(23,24)25)26-16(27)12-6-4-7-13(9-12)18(20,21)22/h2-9,15H,10H2,1H3,(H,26,27)/t15-/m0/s1. The van der Waals surface area contributed by atoms with Crippen LogP contribution in [-0.4, -0.2) is 25.0 Å². The molecule has 2 rings (SSSR count). The van der Waals surface area contributed by atoms with E-state index in [0.29, 0.717) is 6.07 Å². The average molecular weight is 419 g/mol. The van der Waals surface area contributed by atoms with Crippen LogP contribution in [0.4, 0.5) is 26.3 Å². The summed E-state index contributed by atoms with van der Waals surface area (Å²) in [5.41, 5.74) is -2.76. The van der Waals surface area contributed by atoms with E-state index in [1.54, 1.807) is 0 Å². The van der Waals surface area contributed by atoms with Crippen LogP contribution in [0, 0.1) is 0 Å². The zero-order valence-electron chi connectivity index (χ0n) is 14.9. The van der Waals surface area contributed by atoms with Crippen molar-refractivity contribution in [3.63, 3.8) is 0 Å². The molecule has 0 spiro atoms. The molecule has 0 saturated carbocycles. The largest absolute Gasteiger partial charge is 0.467 e. The van der Waals surface area contributed by atoms with Crippen LogP contribution in [0.1, 0.15) is 27.0 Å². The first-order valence-corrected chi connectivity index (χ1v) is 8.14. The topological polar surface area (TPSA) is 55.4 Å². The molecule has 1 amide bonds. The Labute approximate surface area is 161 Å². The second-order valence-corrected chi connectivity index (χ2v) is 5.99. The van der Waals surface area contributed by atoms with E-state index in [1.807, 2.05) is 0 Å². The van der Waals surface area contributed by atoms with Gasteiger partial charge in [0.1, 0.15) is 6.04 Å². The van der Waals surface area contributed by atoms with E-state index in [4.69, 9.17) is 0 Å². The van der Waals surface area contributed by atoms with Crippen LogP contribution >= 0.6 is 0 Å². The highest BCUT2D eigenvalue weighted by Gasteiger charge is 2.35. The predicted molar refractivity (Wildman–Crippen MR) is 89.9 cm³/mol. The normalized spacial score (nSPS) is 12.9. The monoisotopic (exact) mass is 419 g/mol. The van der Waals surface area contributed by atoms with Crippen molar-refractivity contribution < 1.29 is 40.7 Å². The second kappa shape index (κ2) is 8.54. The predicted octanol–water partition coefficient (Wildman–Crippen LogP) is 4.24. The van der Waals surface area contributed by atoms with Gasteiger partial charge in [0, 0.05) is 12.0 Å². The van der Waals surface area contributed by atoms with Crippen LogP contribution in [0.5, 0.6) is 0 Å². The second-order valence-electron chi connectivity index (χ2n) is 5.99. The maximum absolute atomic E-state index is 13.2. The molecule has 0 aliphatic carbocycles. The molecule has 10 heteroatoms.